The van der Waals surface area contributed by atoms with Crippen molar-refractivity contribution in [3.05, 3.63) is 11.6 Å². The first kappa shape index (κ1) is 9.95. The third-order valence-electron chi connectivity index (χ3n) is 3.61. The molecule has 2 rings (SSSR count). The molecule has 0 aromatic rings. The molecule has 0 aromatic heterocycles. The highest BCUT2D eigenvalue weighted by molar-refractivity contribution is 5.91. The summed E-state index contributed by atoms with van der Waals surface area (Å²) in [5.41, 5.74) is 1.46. The summed E-state index contributed by atoms with van der Waals surface area (Å²) in [5, 5.41) is 0. The fraction of sp³-hybridized carbons (Fsp3) is 0.769. The minimum atomic E-state index is 0.379. The smallest absolute Gasteiger partial charge is 0.155 e. The van der Waals surface area contributed by atoms with Crippen molar-refractivity contribution in [1.29, 1.82) is 0 Å². The van der Waals surface area contributed by atoms with Gasteiger partial charge in [0, 0.05) is 6.42 Å². The lowest BCUT2D eigenvalue weighted by Crippen LogP contribution is -2.23. The quantitative estimate of drug-likeness (QED) is 0.655. The van der Waals surface area contributed by atoms with E-state index < -0.39 is 0 Å². The molecule has 1 saturated carbocycles. The largest absolute Gasteiger partial charge is 0.295 e. The molecule has 1 nitrogen and oxygen atoms in total. The highest BCUT2D eigenvalue weighted by atomic mass is 16.1. The van der Waals surface area contributed by atoms with Crippen molar-refractivity contribution in [1.82, 2.24) is 0 Å². The highest BCUT2D eigenvalue weighted by Gasteiger charge is 2.34. The van der Waals surface area contributed by atoms with Crippen LogP contribution in [0.25, 0.3) is 0 Å². The van der Waals surface area contributed by atoms with E-state index in [2.05, 4.69) is 13.8 Å². The van der Waals surface area contributed by atoms with Gasteiger partial charge in [-0.1, -0.05) is 19.4 Å². The van der Waals surface area contributed by atoms with Crippen molar-refractivity contribution < 1.29 is 4.79 Å². The van der Waals surface area contributed by atoms with Crippen LogP contribution >= 0.6 is 0 Å². The predicted octanol–water partition coefficient (Wildman–Crippen LogP) is 3.35. The average Bonchev–Trinajstić information content (AvgIpc) is 2.50. The normalized spacial score (nSPS) is 31.9. The molecule has 14 heavy (non-hydrogen) atoms. The zero-order valence-corrected chi connectivity index (χ0v) is 9.25. The molecule has 0 bridgehead atoms. The summed E-state index contributed by atoms with van der Waals surface area (Å²) in [5.74, 6) is 2.52. The third-order valence-corrected chi connectivity index (χ3v) is 3.61. The summed E-state index contributed by atoms with van der Waals surface area (Å²) in [6.07, 6.45) is 7.80. The van der Waals surface area contributed by atoms with Gasteiger partial charge in [0.25, 0.3) is 0 Å². The topological polar surface area (TPSA) is 17.1 Å². The maximum Gasteiger partial charge on any atom is 0.155 e. The second-order valence-electron chi connectivity index (χ2n) is 5.28. The van der Waals surface area contributed by atoms with Crippen molar-refractivity contribution in [3.8, 4) is 0 Å². The van der Waals surface area contributed by atoms with Crippen LogP contribution in [-0.2, 0) is 4.79 Å². The van der Waals surface area contributed by atoms with E-state index in [0.717, 1.165) is 18.3 Å². The molecule has 2 aliphatic rings. The van der Waals surface area contributed by atoms with Crippen LogP contribution in [0.4, 0.5) is 0 Å². The van der Waals surface area contributed by atoms with Crippen LogP contribution in [0.5, 0.6) is 0 Å². The van der Waals surface area contributed by atoms with Crippen LogP contribution in [0, 0.1) is 17.8 Å². The Balaban J connectivity index is 2.11. The van der Waals surface area contributed by atoms with E-state index in [4.69, 9.17) is 0 Å². The molecule has 0 amide bonds. The zero-order valence-electron chi connectivity index (χ0n) is 9.25. The van der Waals surface area contributed by atoms with Gasteiger partial charge in [0.05, 0.1) is 0 Å². The highest BCUT2D eigenvalue weighted by Crippen LogP contribution is 2.43. The number of carbonyl (C=O) groups excluding carboxylic acids is 1. The number of allylic oxidation sites excluding steroid dienone is 2. The van der Waals surface area contributed by atoms with Gasteiger partial charge in [-0.15, -0.1) is 0 Å². The van der Waals surface area contributed by atoms with E-state index in [-0.39, 0.29) is 0 Å². The number of hydrogen-bond donors (Lipinski definition) is 0. The Hall–Kier alpha value is -0.590. The first-order chi connectivity index (χ1) is 6.66. The van der Waals surface area contributed by atoms with Crippen molar-refractivity contribution >= 4 is 5.78 Å². The molecule has 2 atom stereocenters. The first-order valence-electron chi connectivity index (χ1n) is 5.90. The molecular weight excluding hydrogens is 172 g/mol. The molecule has 0 spiro atoms. The summed E-state index contributed by atoms with van der Waals surface area (Å²) < 4.78 is 0. The third kappa shape index (κ3) is 1.92. The maximum absolute atomic E-state index is 11.5. The van der Waals surface area contributed by atoms with Crippen LogP contribution in [0.3, 0.4) is 0 Å². The Labute approximate surface area is 86.6 Å². The van der Waals surface area contributed by atoms with Gasteiger partial charge in [-0.25, -0.2) is 0 Å². The molecule has 0 radical (unpaired) electrons. The Bertz CT molecular complexity index is 262. The standard InChI is InChI=1S/C13H20O/c1-9(2)6-11-8-12(14)7-10-4-3-5-13(10)11/h7,9,11,13H,3-6,8H2,1-2H3. The van der Waals surface area contributed by atoms with Gasteiger partial charge in [0.15, 0.2) is 5.78 Å². The molecular formula is C13H20O. The average molecular weight is 192 g/mol. The lowest BCUT2D eigenvalue weighted by Gasteiger charge is -2.29. The van der Waals surface area contributed by atoms with Gasteiger partial charge in [0.2, 0.25) is 0 Å². The van der Waals surface area contributed by atoms with Crippen molar-refractivity contribution in [2.24, 2.45) is 17.8 Å². The van der Waals surface area contributed by atoms with Gasteiger partial charge in [-0.3, -0.25) is 4.79 Å². The van der Waals surface area contributed by atoms with Crippen molar-refractivity contribution in [2.45, 2.75) is 46.0 Å². The van der Waals surface area contributed by atoms with E-state index >= 15 is 0 Å². The van der Waals surface area contributed by atoms with E-state index in [0.29, 0.717) is 11.7 Å². The Morgan fingerprint density at radius 2 is 2.29 bits per heavy atom. The second-order valence-corrected chi connectivity index (χ2v) is 5.28. The fourth-order valence-corrected chi connectivity index (χ4v) is 3.13. The molecule has 0 N–H and O–H groups in total. The van der Waals surface area contributed by atoms with E-state index in [1.807, 2.05) is 6.08 Å². The summed E-state index contributed by atoms with van der Waals surface area (Å²) in [6, 6.07) is 0. The van der Waals surface area contributed by atoms with Gasteiger partial charge in [0.1, 0.15) is 0 Å². The molecule has 2 unspecified atom stereocenters. The van der Waals surface area contributed by atoms with Crippen molar-refractivity contribution in [3.63, 3.8) is 0 Å². The second kappa shape index (κ2) is 3.88. The lowest BCUT2D eigenvalue weighted by molar-refractivity contribution is -0.116. The Kier molecular flexibility index (Phi) is 2.76. The Morgan fingerprint density at radius 3 is 3.00 bits per heavy atom. The number of carbonyl (C=O) groups is 1. The minimum Gasteiger partial charge on any atom is -0.295 e. The maximum atomic E-state index is 11.5. The summed E-state index contributed by atoms with van der Waals surface area (Å²) >= 11 is 0. The summed E-state index contributed by atoms with van der Waals surface area (Å²) in [6.45, 7) is 4.52. The molecule has 0 aromatic carbocycles. The molecule has 0 aliphatic heterocycles. The van der Waals surface area contributed by atoms with Crippen LogP contribution < -0.4 is 0 Å². The van der Waals surface area contributed by atoms with Crippen LogP contribution in [0.15, 0.2) is 11.6 Å². The number of fused-ring (bicyclic) bond motifs is 1. The van der Waals surface area contributed by atoms with Crippen LogP contribution in [0.1, 0.15) is 46.0 Å². The monoisotopic (exact) mass is 192 g/mol. The molecule has 1 fully saturated rings. The van der Waals surface area contributed by atoms with E-state index in [9.17, 15) is 4.79 Å². The molecule has 0 saturated heterocycles. The number of ketones is 1. The van der Waals surface area contributed by atoms with Gasteiger partial charge >= 0.3 is 0 Å². The van der Waals surface area contributed by atoms with Gasteiger partial charge < -0.3 is 0 Å². The van der Waals surface area contributed by atoms with Crippen LogP contribution in [0.2, 0.25) is 0 Å². The minimum absolute atomic E-state index is 0.379. The van der Waals surface area contributed by atoms with Gasteiger partial charge in [-0.05, 0) is 49.5 Å². The number of hydrogen-bond acceptors (Lipinski definition) is 1. The van der Waals surface area contributed by atoms with E-state index in [1.54, 1.807) is 0 Å². The zero-order chi connectivity index (χ0) is 10.1. The van der Waals surface area contributed by atoms with Crippen LogP contribution in [-0.4, -0.2) is 5.78 Å². The van der Waals surface area contributed by atoms with E-state index in [1.165, 1.54) is 31.3 Å². The molecule has 0 heterocycles. The number of rotatable bonds is 2. The van der Waals surface area contributed by atoms with Crippen molar-refractivity contribution in [2.75, 3.05) is 0 Å². The fourth-order valence-electron chi connectivity index (χ4n) is 3.13. The van der Waals surface area contributed by atoms with Gasteiger partial charge in [-0.2, -0.15) is 0 Å². The predicted molar refractivity (Wildman–Crippen MR) is 58.0 cm³/mol. The summed E-state index contributed by atoms with van der Waals surface area (Å²) in [4.78, 5) is 11.5. The SMILES string of the molecule is CC(C)CC1CC(=O)C=C2CCCC21. The molecule has 2 aliphatic carbocycles. The summed E-state index contributed by atoms with van der Waals surface area (Å²) in [7, 11) is 0. The molecule has 78 valence electrons. The molecule has 1 heteroatoms. The Morgan fingerprint density at radius 1 is 1.50 bits per heavy atom. The first-order valence-corrected chi connectivity index (χ1v) is 5.90. The lowest BCUT2D eigenvalue weighted by atomic mass is 9.75.